The van der Waals surface area contributed by atoms with Gasteiger partial charge < -0.3 is 11.1 Å². The molecule has 3 N–H and O–H groups in total. The van der Waals surface area contributed by atoms with Crippen LogP contribution >= 0.6 is 0 Å². The van der Waals surface area contributed by atoms with Gasteiger partial charge in [-0.2, -0.15) is 5.26 Å². The van der Waals surface area contributed by atoms with Crippen LogP contribution in [0.3, 0.4) is 0 Å². The van der Waals surface area contributed by atoms with Crippen molar-refractivity contribution >= 4 is 11.4 Å². The zero-order chi connectivity index (χ0) is 13.1. The second-order valence-electron chi connectivity index (χ2n) is 4.45. The van der Waals surface area contributed by atoms with Crippen molar-refractivity contribution in [3.8, 4) is 6.07 Å². The van der Waals surface area contributed by atoms with Crippen molar-refractivity contribution in [2.75, 3.05) is 5.32 Å². The first-order valence-electron chi connectivity index (χ1n) is 5.82. The second-order valence-corrected chi connectivity index (χ2v) is 4.45. The number of benzene rings is 1. The van der Waals surface area contributed by atoms with Crippen molar-refractivity contribution < 1.29 is 4.92 Å². The van der Waals surface area contributed by atoms with Crippen LogP contribution in [0.1, 0.15) is 24.8 Å². The van der Waals surface area contributed by atoms with E-state index in [1.165, 1.54) is 12.1 Å². The molecule has 0 spiro atoms. The first kappa shape index (κ1) is 12.3. The third kappa shape index (κ3) is 2.41. The summed E-state index contributed by atoms with van der Waals surface area (Å²) in [5.41, 5.74) is 6.47. The van der Waals surface area contributed by atoms with Gasteiger partial charge >= 0.3 is 0 Å². The van der Waals surface area contributed by atoms with E-state index in [1.807, 2.05) is 6.07 Å². The van der Waals surface area contributed by atoms with Gasteiger partial charge in [-0.1, -0.05) is 0 Å². The zero-order valence-corrected chi connectivity index (χ0v) is 9.80. The SMILES string of the molecule is N#Cc1ccc(NC2CCCC2N)cc1[N+](=O)[O-]. The third-order valence-corrected chi connectivity index (χ3v) is 3.24. The largest absolute Gasteiger partial charge is 0.381 e. The molecule has 1 aliphatic carbocycles. The Morgan fingerprint density at radius 3 is 2.83 bits per heavy atom. The van der Waals surface area contributed by atoms with Gasteiger partial charge in [-0.05, 0) is 31.4 Å². The van der Waals surface area contributed by atoms with Crippen molar-refractivity contribution in [2.24, 2.45) is 5.73 Å². The van der Waals surface area contributed by atoms with E-state index >= 15 is 0 Å². The summed E-state index contributed by atoms with van der Waals surface area (Å²) in [7, 11) is 0. The van der Waals surface area contributed by atoms with Gasteiger partial charge in [0.1, 0.15) is 11.6 Å². The van der Waals surface area contributed by atoms with E-state index in [2.05, 4.69) is 5.32 Å². The molecule has 2 atom stereocenters. The number of nitrogens with two attached hydrogens (primary N) is 1. The van der Waals surface area contributed by atoms with E-state index < -0.39 is 4.92 Å². The topological polar surface area (TPSA) is 105 Å². The molecule has 0 aliphatic heterocycles. The lowest BCUT2D eigenvalue weighted by molar-refractivity contribution is -0.385. The Balaban J connectivity index is 2.22. The fraction of sp³-hybridized carbons (Fsp3) is 0.417. The molecule has 94 valence electrons. The minimum atomic E-state index is -0.543. The maximum Gasteiger partial charge on any atom is 0.289 e. The van der Waals surface area contributed by atoms with Gasteiger partial charge in [0.25, 0.3) is 5.69 Å². The molecule has 1 saturated carbocycles. The summed E-state index contributed by atoms with van der Waals surface area (Å²) in [6.45, 7) is 0. The van der Waals surface area contributed by atoms with Gasteiger partial charge in [-0.15, -0.1) is 0 Å². The summed E-state index contributed by atoms with van der Waals surface area (Å²) in [4.78, 5) is 10.3. The van der Waals surface area contributed by atoms with E-state index in [0.717, 1.165) is 19.3 Å². The molecule has 0 heterocycles. The van der Waals surface area contributed by atoms with Crippen molar-refractivity contribution in [1.29, 1.82) is 5.26 Å². The number of anilines is 1. The molecule has 1 aromatic carbocycles. The van der Waals surface area contributed by atoms with Gasteiger partial charge in [0.15, 0.2) is 0 Å². The van der Waals surface area contributed by atoms with Crippen LogP contribution in [0.2, 0.25) is 0 Å². The summed E-state index contributed by atoms with van der Waals surface area (Å²) in [6, 6.07) is 6.57. The lowest BCUT2D eigenvalue weighted by Gasteiger charge is -2.18. The fourth-order valence-electron chi connectivity index (χ4n) is 2.25. The molecule has 6 heteroatoms. The molecule has 0 radical (unpaired) electrons. The van der Waals surface area contributed by atoms with Crippen LogP contribution in [-0.4, -0.2) is 17.0 Å². The molecule has 1 fully saturated rings. The number of nitrogens with one attached hydrogen (secondary N) is 1. The molecule has 1 aliphatic rings. The zero-order valence-electron chi connectivity index (χ0n) is 9.80. The molecule has 2 unspecified atom stereocenters. The molecule has 18 heavy (non-hydrogen) atoms. The molecule has 0 amide bonds. The molecular formula is C12H14N4O2. The van der Waals surface area contributed by atoms with Gasteiger partial charge in [0.05, 0.1) is 4.92 Å². The average Bonchev–Trinajstić information content (AvgIpc) is 2.75. The van der Waals surface area contributed by atoms with Crippen LogP contribution < -0.4 is 11.1 Å². The second kappa shape index (κ2) is 5.02. The number of nitro groups is 1. The van der Waals surface area contributed by atoms with Gasteiger partial charge in [0.2, 0.25) is 0 Å². The Bertz CT molecular complexity index is 509. The summed E-state index contributed by atoms with van der Waals surface area (Å²) >= 11 is 0. The van der Waals surface area contributed by atoms with Gasteiger partial charge in [-0.3, -0.25) is 10.1 Å². The summed E-state index contributed by atoms with van der Waals surface area (Å²) in [5.74, 6) is 0. The van der Waals surface area contributed by atoms with Crippen molar-refractivity contribution in [3.05, 3.63) is 33.9 Å². The van der Waals surface area contributed by atoms with Crippen LogP contribution in [0.15, 0.2) is 18.2 Å². The van der Waals surface area contributed by atoms with Crippen LogP contribution in [-0.2, 0) is 0 Å². The van der Waals surface area contributed by atoms with Crippen LogP contribution in [0, 0.1) is 21.4 Å². The smallest absolute Gasteiger partial charge is 0.289 e. The molecule has 0 aromatic heterocycles. The van der Waals surface area contributed by atoms with Gasteiger partial charge in [0, 0.05) is 23.8 Å². The molecule has 6 nitrogen and oxygen atoms in total. The number of nitrogens with zero attached hydrogens (tertiary/aromatic N) is 2. The first-order chi connectivity index (χ1) is 8.61. The summed E-state index contributed by atoms with van der Waals surface area (Å²) in [6.07, 6.45) is 3.00. The molecule has 0 bridgehead atoms. The standard InChI is InChI=1S/C12H14N4O2/c13-7-8-4-5-9(6-12(8)16(17)18)15-11-3-1-2-10(11)14/h4-6,10-11,15H,1-3,14H2. The average molecular weight is 246 g/mol. The highest BCUT2D eigenvalue weighted by molar-refractivity contribution is 5.59. The summed E-state index contributed by atoms with van der Waals surface area (Å²) in [5, 5.41) is 22.8. The Hall–Kier alpha value is -2.13. The highest BCUT2D eigenvalue weighted by Crippen LogP contribution is 2.26. The predicted molar refractivity (Wildman–Crippen MR) is 67.0 cm³/mol. The number of nitro benzene ring substituents is 1. The number of hydrogen-bond acceptors (Lipinski definition) is 5. The Morgan fingerprint density at radius 1 is 1.50 bits per heavy atom. The predicted octanol–water partition coefficient (Wildman–Crippen LogP) is 1.76. The van der Waals surface area contributed by atoms with E-state index in [9.17, 15) is 10.1 Å². The first-order valence-corrected chi connectivity index (χ1v) is 5.82. The highest BCUT2D eigenvalue weighted by Gasteiger charge is 2.24. The Kier molecular flexibility index (Phi) is 3.44. The van der Waals surface area contributed by atoms with E-state index in [4.69, 9.17) is 11.0 Å². The summed E-state index contributed by atoms with van der Waals surface area (Å²) < 4.78 is 0. The van der Waals surface area contributed by atoms with Crippen LogP contribution in [0.5, 0.6) is 0 Å². The lowest BCUT2D eigenvalue weighted by atomic mass is 10.1. The monoisotopic (exact) mass is 246 g/mol. The molecule has 2 rings (SSSR count). The van der Waals surface area contributed by atoms with E-state index in [-0.39, 0.29) is 23.3 Å². The number of rotatable bonds is 3. The third-order valence-electron chi connectivity index (χ3n) is 3.24. The number of hydrogen-bond donors (Lipinski definition) is 2. The van der Waals surface area contributed by atoms with Crippen LogP contribution in [0.4, 0.5) is 11.4 Å². The maximum atomic E-state index is 10.8. The molecule has 1 aromatic rings. The van der Waals surface area contributed by atoms with Crippen molar-refractivity contribution in [2.45, 2.75) is 31.3 Å². The minimum Gasteiger partial charge on any atom is -0.381 e. The van der Waals surface area contributed by atoms with E-state index in [1.54, 1.807) is 6.07 Å². The highest BCUT2D eigenvalue weighted by atomic mass is 16.6. The normalized spacial score (nSPS) is 22.4. The van der Waals surface area contributed by atoms with Crippen molar-refractivity contribution in [1.82, 2.24) is 0 Å². The molecule has 0 saturated heterocycles. The quantitative estimate of drug-likeness (QED) is 0.624. The minimum absolute atomic E-state index is 0.0706. The molecular weight excluding hydrogens is 232 g/mol. The Morgan fingerprint density at radius 2 is 2.28 bits per heavy atom. The Labute approximate surface area is 105 Å². The maximum absolute atomic E-state index is 10.8. The fourth-order valence-corrected chi connectivity index (χ4v) is 2.25. The lowest BCUT2D eigenvalue weighted by Crippen LogP contribution is -2.35. The number of nitriles is 1. The van der Waals surface area contributed by atoms with Gasteiger partial charge in [-0.25, -0.2) is 0 Å². The van der Waals surface area contributed by atoms with Crippen LogP contribution in [0.25, 0.3) is 0 Å². The van der Waals surface area contributed by atoms with E-state index in [0.29, 0.717) is 5.69 Å². The van der Waals surface area contributed by atoms with Crippen molar-refractivity contribution in [3.63, 3.8) is 0 Å².